The van der Waals surface area contributed by atoms with Crippen LogP contribution in [0.1, 0.15) is 17.3 Å². The van der Waals surface area contributed by atoms with E-state index in [4.69, 9.17) is 4.74 Å². The summed E-state index contributed by atoms with van der Waals surface area (Å²) in [6.45, 7) is 3.57. The third-order valence-corrected chi connectivity index (χ3v) is 6.33. The average Bonchev–Trinajstić information content (AvgIpc) is 2.84. The first-order chi connectivity index (χ1) is 10.9. The van der Waals surface area contributed by atoms with Gasteiger partial charge in [0, 0.05) is 19.1 Å². The van der Waals surface area contributed by atoms with E-state index >= 15 is 0 Å². The van der Waals surface area contributed by atoms with Crippen LogP contribution >= 0.6 is 0 Å². The van der Waals surface area contributed by atoms with Crippen LogP contribution in [0.15, 0.2) is 24.3 Å². The van der Waals surface area contributed by atoms with Crippen LogP contribution in [0.3, 0.4) is 0 Å². The van der Waals surface area contributed by atoms with Crippen molar-refractivity contribution < 1.29 is 17.9 Å². The maximum absolute atomic E-state index is 13.0. The standard InChI is InChI=1S/C16H22N2O4S/c1-3-22-15-7-5-4-6-12(15)16(19)18-9-8-17(2)13-10-23(20,21)11-14(13)18/h4-7,13-14H,3,8-11H2,1-2H3/t13-,14+/m0/s1. The fraction of sp³-hybridized carbons (Fsp3) is 0.562. The minimum Gasteiger partial charge on any atom is -0.493 e. The highest BCUT2D eigenvalue weighted by atomic mass is 32.2. The Balaban J connectivity index is 1.91. The Morgan fingerprint density at radius 2 is 1.91 bits per heavy atom. The number of hydrogen-bond acceptors (Lipinski definition) is 5. The Bertz CT molecular complexity index is 704. The van der Waals surface area contributed by atoms with E-state index < -0.39 is 9.84 Å². The van der Waals surface area contributed by atoms with Crippen molar-refractivity contribution in [3.8, 4) is 5.75 Å². The molecule has 23 heavy (non-hydrogen) atoms. The predicted molar refractivity (Wildman–Crippen MR) is 87.5 cm³/mol. The van der Waals surface area contributed by atoms with Crippen LogP contribution in [0.25, 0.3) is 0 Å². The van der Waals surface area contributed by atoms with E-state index in [0.717, 1.165) is 0 Å². The molecule has 3 rings (SSSR count). The van der Waals surface area contributed by atoms with Crippen LogP contribution in [0.4, 0.5) is 0 Å². The second kappa shape index (κ2) is 6.13. The fourth-order valence-electron chi connectivity index (χ4n) is 3.46. The van der Waals surface area contributed by atoms with Gasteiger partial charge in [-0.3, -0.25) is 9.69 Å². The summed E-state index contributed by atoms with van der Waals surface area (Å²) in [4.78, 5) is 16.8. The number of fused-ring (bicyclic) bond motifs is 1. The second-order valence-corrected chi connectivity index (χ2v) is 8.27. The molecule has 0 aliphatic carbocycles. The lowest BCUT2D eigenvalue weighted by molar-refractivity contribution is 0.0406. The summed E-state index contributed by atoms with van der Waals surface area (Å²) < 4.78 is 29.6. The SMILES string of the molecule is CCOc1ccccc1C(=O)N1CCN(C)[C@H]2CS(=O)(=O)C[C@H]21. The molecule has 7 heteroatoms. The van der Waals surface area contributed by atoms with Gasteiger partial charge in [0.1, 0.15) is 5.75 Å². The molecule has 0 saturated carbocycles. The molecular formula is C16H22N2O4S. The number of amides is 1. The third-order valence-electron chi connectivity index (χ3n) is 4.63. The number of sulfone groups is 1. The van der Waals surface area contributed by atoms with E-state index in [1.807, 2.05) is 24.9 Å². The molecule has 126 valence electrons. The molecule has 1 aromatic rings. The number of rotatable bonds is 3. The lowest BCUT2D eigenvalue weighted by Gasteiger charge is -2.42. The van der Waals surface area contributed by atoms with Crippen LogP contribution in [-0.2, 0) is 9.84 Å². The summed E-state index contributed by atoms with van der Waals surface area (Å²) in [5.41, 5.74) is 0.502. The first kappa shape index (κ1) is 16.3. The maximum atomic E-state index is 13.0. The molecule has 2 aliphatic rings. The zero-order valence-corrected chi connectivity index (χ0v) is 14.3. The van der Waals surface area contributed by atoms with Gasteiger partial charge >= 0.3 is 0 Å². The molecule has 1 aromatic carbocycles. The molecular weight excluding hydrogens is 316 g/mol. The number of para-hydroxylation sites is 1. The van der Waals surface area contributed by atoms with Crippen molar-refractivity contribution in [2.24, 2.45) is 0 Å². The number of nitrogens with zero attached hydrogens (tertiary/aromatic N) is 2. The molecule has 0 bridgehead atoms. The smallest absolute Gasteiger partial charge is 0.257 e. The topological polar surface area (TPSA) is 66.9 Å². The highest BCUT2D eigenvalue weighted by molar-refractivity contribution is 7.91. The Labute approximate surface area is 136 Å². The van der Waals surface area contributed by atoms with E-state index in [-0.39, 0.29) is 29.5 Å². The largest absolute Gasteiger partial charge is 0.493 e. The van der Waals surface area contributed by atoms with Gasteiger partial charge in [-0.1, -0.05) is 12.1 Å². The Kier molecular flexibility index (Phi) is 4.33. The van der Waals surface area contributed by atoms with Crippen molar-refractivity contribution in [2.45, 2.75) is 19.0 Å². The van der Waals surface area contributed by atoms with Gasteiger partial charge in [0.2, 0.25) is 0 Å². The van der Waals surface area contributed by atoms with Crippen LogP contribution in [0.2, 0.25) is 0 Å². The van der Waals surface area contributed by atoms with Gasteiger partial charge in [0.25, 0.3) is 5.91 Å². The van der Waals surface area contributed by atoms with Gasteiger partial charge in [0.05, 0.1) is 29.7 Å². The number of hydrogen-bond donors (Lipinski definition) is 0. The molecule has 6 nitrogen and oxygen atoms in total. The molecule has 0 spiro atoms. The van der Waals surface area contributed by atoms with Crippen molar-refractivity contribution in [1.82, 2.24) is 9.80 Å². The van der Waals surface area contributed by atoms with Crippen molar-refractivity contribution >= 4 is 15.7 Å². The molecule has 0 unspecified atom stereocenters. The Morgan fingerprint density at radius 3 is 2.65 bits per heavy atom. The lowest BCUT2D eigenvalue weighted by atomic mass is 10.0. The number of carbonyl (C=O) groups excluding carboxylic acids is 1. The minimum atomic E-state index is -3.10. The van der Waals surface area contributed by atoms with Crippen molar-refractivity contribution in [3.05, 3.63) is 29.8 Å². The van der Waals surface area contributed by atoms with Crippen molar-refractivity contribution in [3.63, 3.8) is 0 Å². The average molecular weight is 338 g/mol. The second-order valence-electron chi connectivity index (χ2n) is 6.12. The summed E-state index contributed by atoms with van der Waals surface area (Å²) in [6, 6.07) is 6.75. The van der Waals surface area contributed by atoms with Crippen LogP contribution in [0.5, 0.6) is 5.75 Å². The molecule has 2 fully saturated rings. The molecule has 0 radical (unpaired) electrons. The summed E-state index contributed by atoms with van der Waals surface area (Å²) >= 11 is 0. The van der Waals surface area contributed by atoms with Crippen molar-refractivity contribution in [2.75, 3.05) is 38.2 Å². The van der Waals surface area contributed by atoms with Gasteiger partial charge in [0.15, 0.2) is 9.84 Å². The quantitative estimate of drug-likeness (QED) is 0.809. The van der Waals surface area contributed by atoms with E-state index in [1.54, 1.807) is 23.1 Å². The minimum absolute atomic E-state index is 0.0462. The lowest BCUT2D eigenvalue weighted by Crippen LogP contribution is -2.59. The van der Waals surface area contributed by atoms with E-state index in [9.17, 15) is 13.2 Å². The summed E-state index contributed by atoms with van der Waals surface area (Å²) in [7, 11) is -1.17. The van der Waals surface area contributed by atoms with Gasteiger partial charge < -0.3 is 9.64 Å². The molecule has 2 heterocycles. The van der Waals surface area contributed by atoms with Crippen LogP contribution in [0, 0.1) is 0 Å². The number of likely N-dealkylation sites (N-methyl/N-ethyl adjacent to an activating group) is 1. The molecule has 2 atom stereocenters. The Morgan fingerprint density at radius 1 is 1.22 bits per heavy atom. The highest BCUT2D eigenvalue weighted by Crippen LogP contribution is 2.29. The molecule has 2 saturated heterocycles. The van der Waals surface area contributed by atoms with Gasteiger partial charge in [-0.25, -0.2) is 8.42 Å². The summed E-state index contributed by atoms with van der Waals surface area (Å²) in [5, 5.41) is 0. The monoisotopic (exact) mass is 338 g/mol. The zero-order valence-electron chi connectivity index (χ0n) is 13.4. The number of ether oxygens (including phenoxy) is 1. The number of benzene rings is 1. The first-order valence-corrected chi connectivity index (χ1v) is 9.68. The van der Waals surface area contributed by atoms with Gasteiger partial charge in [-0.15, -0.1) is 0 Å². The first-order valence-electron chi connectivity index (χ1n) is 7.86. The molecule has 0 aromatic heterocycles. The van der Waals surface area contributed by atoms with Crippen LogP contribution in [-0.4, -0.2) is 74.5 Å². The van der Waals surface area contributed by atoms with Gasteiger partial charge in [-0.2, -0.15) is 0 Å². The number of piperazine rings is 1. The normalized spacial score (nSPS) is 26.8. The zero-order chi connectivity index (χ0) is 16.6. The number of carbonyl (C=O) groups is 1. The Hall–Kier alpha value is -1.60. The maximum Gasteiger partial charge on any atom is 0.257 e. The van der Waals surface area contributed by atoms with E-state index in [1.165, 1.54) is 0 Å². The summed E-state index contributed by atoms with van der Waals surface area (Å²) in [6.07, 6.45) is 0. The van der Waals surface area contributed by atoms with Gasteiger partial charge in [-0.05, 0) is 26.1 Å². The van der Waals surface area contributed by atoms with E-state index in [0.29, 0.717) is 31.0 Å². The van der Waals surface area contributed by atoms with E-state index in [2.05, 4.69) is 0 Å². The third kappa shape index (κ3) is 3.07. The summed E-state index contributed by atoms with van der Waals surface area (Å²) in [5.74, 6) is 0.584. The predicted octanol–water partition coefficient (Wildman–Crippen LogP) is 0.639. The molecule has 1 amide bonds. The highest BCUT2D eigenvalue weighted by Gasteiger charge is 2.47. The van der Waals surface area contributed by atoms with Crippen molar-refractivity contribution in [1.29, 1.82) is 0 Å². The molecule has 2 aliphatic heterocycles. The molecule has 0 N–H and O–H groups in total. The van der Waals surface area contributed by atoms with Crippen LogP contribution < -0.4 is 4.74 Å². The fourth-order valence-corrected chi connectivity index (χ4v) is 5.51.